The number of alkyl halides is 3. The molecule has 0 saturated carbocycles. The zero-order valence-corrected chi connectivity index (χ0v) is 19.8. The number of rotatable bonds is 7. The van der Waals surface area contributed by atoms with Gasteiger partial charge in [-0.2, -0.15) is 13.2 Å². The van der Waals surface area contributed by atoms with Crippen molar-refractivity contribution in [3.05, 3.63) is 111 Å². The predicted molar refractivity (Wildman–Crippen MR) is 130 cm³/mol. The second kappa shape index (κ2) is 10.4. The first-order valence-corrected chi connectivity index (χ1v) is 11.5. The summed E-state index contributed by atoms with van der Waals surface area (Å²) in [5.74, 6) is -2.37. The molecule has 1 aliphatic heterocycles. The number of fused-ring (bicyclic) bond motifs is 1. The predicted octanol–water partition coefficient (Wildman–Crippen LogP) is 7.18. The Morgan fingerprint density at radius 1 is 1.03 bits per heavy atom. The van der Waals surface area contributed by atoms with Gasteiger partial charge in [-0.1, -0.05) is 83.9 Å². The molecule has 2 unspecified atom stereocenters. The number of ketones is 1. The van der Waals surface area contributed by atoms with E-state index in [1.807, 2.05) is 29.2 Å². The van der Waals surface area contributed by atoms with Crippen LogP contribution in [0.1, 0.15) is 39.8 Å². The minimum atomic E-state index is -4.52. The van der Waals surface area contributed by atoms with Gasteiger partial charge in [0, 0.05) is 23.1 Å². The van der Waals surface area contributed by atoms with Gasteiger partial charge < -0.3 is 0 Å². The molecule has 0 bridgehead atoms. The first-order valence-electron chi connectivity index (χ1n) is 10.8. The molecule has 0 saturated heterocycles. The van der Waals surface area contributed by atoms with Crippen LogP contribution in [0, 0.1) is 0 Å². The first kappa shape index (κ1) is 25.2. The van der Waals surface area contributed by atoms with Crippen molar-refractivity contribution in [2.24, 2.45) is 0 Å². The van der Waals surface area contributed by atoms with Crippen LogP contribution in [-0.4, -0.2) is 23.1 Å². The summed E-state index contributed by atoms with van der Waals surface area (Å²) in [6, 6.07) is 17.8. The van der Waals surface area contributed by atoms with Gasteiger partial charge in [-0.05, 0) is 46.0 Å². The minimum Gasteiger partial charge on any atom is -0.295 e. The highest BCUT2D eigenvalue weighted by Crippen LogP contribution is 2.39. The Kier molecular flexibility index (Phi) is 7.45. The monoisotopic (exact) mass is 517 g/mol. The lowest BCUT2D eigenvalue weighted by molar-refractivity contribution is -0.139. The second-order valence-electron chi connectivity index (χ2n) is 8.35. The number of halogens is 5. The highest BCUT2D eigenvalue weighted by Gasteiger charge is 2.39. The summed E-state index contributed by atoms with van der Waals surface area (Å²) in [6.07, 6.45) is -1.69. The number of aldehydes is 1. The highest BCUT2D eigenvalue weighted by molar-refractivity contribution is 6.34. The van der Waals surface area contributed by atoms with E-state index in [1.54, 1.807) is 24.3 Å². The molecular weight excluding hydrogens is 498 g/mol. The Morgan fingerprint density at radius 3 is 2.31 bits per heavy atom. The molecule has 0 aromatic heterocycles. The average molecular weight is 518 g/mol. The standard InChI is InChI=1S/C27H20Cl2F3NO2/c28-21-11-20(12-22(29)13-21)24(27(30,31)32)10-9-17-5-7-18(8-6-17)14-33-15-19-3-1-2-4-23(19)26(33)25(35)16-34/h1-13,16,24,26H,14-15H2. The number of carbonyl (C=O) groups is 2. The van der Waals surface area contributed by atoms with Crippen LogP contribution in [0.5, 0.6) is 0 Å². The van der Waals surface area contributed by atoms with Crippen LogP contribution in [-0.2, 0) is 22.7 Å². The molecule has 0 amide bonds. The Hall–Kier alpha value is -2.93. The van der Waals surface area contributed by atoms with Gasteiger partial charge in [0.2, 0.25) is 5.78 Å². The smallest absolute Gasteiger partial charge is 0.295 e. The van der Waals surface area contributed by atoms with Crippen molar-refractivity contribution in [3.63, 3.8) is 0 Å². The van der Waals surface area contributed by atoms with Gasteiger partial charge in [-0.3, -0.25) is 14.5 Å². The fourth-order valence-corrected chi connectivity index (χ4v) is 4.88. The number of hydrogen-bond acceptors (Lipinski definition) is 3. The maximum absolute atomic E-state index is 13.7. The van der Waals surface area contributed by atoms with Crippen molar-refractivity contribution in [3.8, 4) is 0 Å². The average Bonchev–Trinajstić information content (AvgIpc) is 3.16. The molecule has 0 spiro atoms. The van der Waals surface area contributed by atoms with Crippen LogP contribution in [0.4, 0.5) is 13.2 Å². The van der Waals surface area contributed by atoms with Gasteiger partial charge in [0.15, 0.2) is 6.29 Å². The van der Waals surface area contributed by atoms with Crippen LogP contribution in [0.15, 0.2) is 72.8 Å². The summed E-state index contributed by atoms with van der Waals surface area (Å²) in [7, 11) is 0. The zero-order chi connectivity index (χ0) is 25.2. The molecule has 3 aromatic rings. The van der Waals surface area contributed by atoms with Gasteiger partial charge in [0.1, 0.15) is 6.04 Å². The molecule has 0 radical (unpaired) electrons. The largest absolute Gasteiger partial charge is 0.399 e. The molecule has 3 aromatic carbocycles. The van der Waals surface area contributed by atoms with E-state index in [4.69, 9.17) is 23.2 Å². The summed E-state index contributed by atoms with van der Waals surface area (Å²) in [4.78, 5) is 25.4. The summed E-state index contributed by atoms with van der Waals surface area (Å²) in [5, 5.41) is 0.268. The highest BCUT2D eigenvalue weighted by atomic mass is 35.5. The van der Waals surface area contributed by atoms with Crippen LogP contribution in [0.25, 0.3) is 6.08 Å². The molecule has 2 atom stereocenters. The number of carbonyl (C=O) groups excluding carboxylic acids is 2. The van der Waals surface area contributed by atoms with Gasteiger partial charge in [0.05, 0.1) is 5.92 Å². The lowest BCUT2D eigenvalue weighted by atomic mass is 9.97. The van der Waals surface area contributed by atoms with Crippen LogP contribution < -0.4 is 0 Å². The van der Waals surface area contributed by atoms with Crippen molar-refractivity contribution < 1.29 is 22.8 Å². The number of benzene rings is 3. The minimum absolute atomic E-state index is 0.0395. The molecule has 4 rings (SSSR count). The van der Waals surface area contributed by atoms with Crippen LogP contribution >= 0.6 is 23.2 Å². The maximum atomic E-state index is 13.7. The summed E-state index contributed by atoms with van der Waals surface area (Å²) >= 11 is 11.8. The Bertz CT molecular complexity index is 1250. The summed E-state index contributed by atoms with van der Waals surface area (Å²) in [6.45, 7) is 0.937. The van der Waals surface area contributed by atoms with E-state index >= 15 is 0 Å². The summed E-state index contributed by atoms with van der Waals surface area (Å²) in [5.41, 5.74) is 3.23. The van der Waals surface area contributed by atoms with Crippen LogP contribution in [0.2, 0.25) is 10.0 Å². The van der Waals surface area contributed by atoms with Gasteiger partial charge in [0.25, 0.3) is 0 Å². The van der Waals surface area contributed by atoms with Crippen molar-refractivity contribution in [1.29, 1.82) is 0 Å². The second-order valence-corrected chi connectivity index (χ2v) is 9.22. The normalized spacial score (nSPS) is 16.9. The third-order valence-electron chi connectivity index (χ3n) is 5.92. The van der Waals surface area contributed by atoms with E-state index < -0.39 is 23.9 Å². The SMILES string of the molecule is O=CC(=O)C1c2ccccc2CN1Cc1ccc(C=CC(c2cc(Cl)cc(Cl)c2)C(F)(F)F)cc1. The van der Waals surface area contributed by atoms with E-state index in [0.717, 1.165) is 22.8 Å². The van der Waals surface area contributed by atoms with Crippen LogP contribution in [0.3, 0.4) is 0 Å². The van der Waals surface area contributed by atoms with Crippen molar-refractivity contribution >= 4 is 41.3 Å². The van der Waals surface area contributed by atoms with E-state index in [1.165, 1.54) is 24.3 Å². The third kappa shape index (κ3) is 5.84. The molecule has 8 heteroatoms. The topological polar surface area (TPSA) is 37.4 Å². The molecule has 3 nitrogen and oxygen atoms in total. The lowest BCUT2D eigenvalue weighted by Crippen LogP contribution is -2.28. The van der Waals surface area contributed by atoms with E-state index in [2.05, 4.69) is 0 Å². The molecule has 1 aliphatic rings. The van der Waals surface area contributed by atoms with E-state index in [-0.39, 0.29) is 15.6 Å². The number of nitrogens with zero attached hydrogens (tertiary/aromatic N) is 1. The van der Waals surface area contributed by atoms with Gasteiger partial charge in [-0.25, -0.2) is 0 Å². The molecule has 35 heavy (non-hydrogen) atoms. The number of allylic oxidation sites excluding steroid dienone is 1. The molecule has 1 heterocycles. The Morgan fingerprint density at radius 2 is 1.69 bits per heavy atom. The fraction of sp³-hybridized carbons (Fsp3) is 0.185. The fourth-order valence-electron chi connectivity index (χ4n) is 4.34. The molecule has 0 aliphatic carbocycles. The van der Waals surface area contributed by atoms with Gasteiger partial charge in [-0.15, -0.1) is 0 Å². The molecule has 0 N–H and O–H groups in total. The Balaban J connectivity index is 1.51. The van der Waals surface area contributed by atoms with Crippen molar-refractivity contribution in [2.75, 3.05) is 0 Å². The van der Waals surface area contributed by atoms with Gasteiger partial charge >= 0.3 is 6.18 Å². The maximum Gasteiger partial charge on any atom is 0.399 e. The molecular formula is C27H20Cl2F3NO2. The van der Waals surface area contributed by atoms with Crippen molar-refractivity contribution in [2.45, 2.75) is 31.2 Å². The summed E-state index contributed by atoms with van der Waals surface area (Å²) < 4.78 is 41.1. The number of hydrogen-bond donors (Lipinski definition) is 0. The van der Waals surface area contributed by atoms with E-state index in [9.17, 15) is 22.8 Å². The first-order chi connectivity index (χ1) is 16.7. The quantitative estimate of drug-likeness (QED) is 0.246. The Labute approximate surface area is 210 Å². The third-order valence-corrected chi connectivity index (χ3v) is 6.35. The zero-order valence-electron chi connectivity index (χ0n) is 18.3. The van der Waals surface area contributed by atoms with E-state index in [0.29, 0.717) is 24.9 Å². The molecule has 180 valence electrons. The molecule has 0 fully saturated rings. The number of Topliss-reactive ketones (excluding diaryl/α,β-unsaturated/α-hetero) is 1. The van der Waals surface area contributed by atoms with Crippen molar-refractivity contribution in [1.82, 2.24) is 4.90 Å². The lowest BCUT2D eigenvalue weighted by Gasteiger charge is -2.22.